The first kappa shape index (κ1) is 21.6. The van der Waals surface area contributed by atoms with E-state index in [1.807, 2.05) is 19.1 Å². The summed E-state index contributed by atoms with van der Waals surface area (Å²) < 4.78 is 0. The van der Waals surface area contributed by atoms with Gasteiger partial charge in [0, 0.05) is 18.1 Å². The average Bonchev–Trinajstić information content (AvgIpc) is 2.71. The summed E-state index contributed by atoms with van der Waals surface area (Å²) in [6.45, 7) is 3.26. The molecular formula is C22H25ClN4O3. The number of hydrogen-bond acceptors (Lipinski definition) is 4. The molecule has 0 aliphatic heterocycles. The summed E-state index contributed by atoms with van der Waals surface area (Å²) in [4.78, 5) is 33.8. The molecule has 2 aromatic carbocycles. The van der Waals surface area contributed by atoms with Gasteiger partial charge >= 0.3 is 6.03 Å². The molecule has 0 fully saturated rings. The standard InChI is InChI=1S/C22H25ClN4O3/c1-2-12-27(22(30)24-11-3-4-15-5-8-17(28)9-6-15)14-20-25-19-13-16(23)7-10-18(19)21(29)26-20/h5-10,13,28H,2-4,11-12,14H2,1H3,(H,24,30)(H,25,26,29). The zero-order valence-corrected chi connectivity index (χ0v) is 17.6. The highest BCUT2D eigenvalue weighted by atomic mass is 35.5. The zero-order chi connectivity index (χ0) is 21.5. The molecule has 0 atom stereocenters. The van der Waals surface area contributed by atoms with Gasteiger partial charge in [-0.2, -0.15) is 0 Å². The van der Waals surface area contributed by atoms with Gasteiger partial charge in [-0.1, -0.05) is 30.7 Å². The molecular weight excluding hydrogens is 404 g/mol. The molecule has 1 aromatic heterocycles. The minimum Gasteiger partial charge on any atom is -0.508 e. The lowest BCUT2D eigenvalue weighted by Gasteiger charge is -2.22. The lowest BCUT2D eigenvalue weighted by molar-refractivity contribution is 0.193. The molecule has 2 amide bonds. The van der Waals surface area contributed by atoms with Crippen LogP contribution in [0, 0.1) is 0 Å². The molecule has 7 nitrogen and oxygen atoms in total. The number of aryl methyl sites for hydroxylation is 1. The van der Waals surface area contributed by atoms with E-state index in [9.17, 15) is 14.7 Å². The molecule has 0 aliphatic rings. The summed E-state index contributed by atoms with van der Waals surface area (Å²) in [5.74, 6) is 0.660. The van der Waals surface area contributed by atoms with E-state index in [-0.39, 0.29) is 23.9 Å². The second-order valence-corrected chi connectivity index (χ2v) is 7.53. The van der Waals surface area contributed by atoms with Gasteiger partial charge < -0.3 is 20.3 Å². The molecule has 0 saturated carbocycles. The SMILES string of the molecule is CCCN(Cc1nc2cc(Cl)ccc2c(=O)[nH]1)C(=O)NCCCc1ccc(O)cc1. The van der Waals surface area contributed by atoms with Crippen molar-refractivity contribution in [3.63, 3.8) is 0 Å². The van der Waals surface area contributed by atoms with E-state index >= 15 is 0 Å². The lowest BCUT2D eigenvalue weighted by Crippen LogP contribution is -2.41. The monoisotopic (exact) mass is 428 g/mol. The number of rotatable bonds is 8. The number of nitrogens with one attached hydrogen (secondary N) is 2. The number of carbonyl (C=O) groups is 1. The molecule has 0 spiro atoms. The lowest BCUT2D eigenvalue weighted by atomic mass is 10.1. The smallest absolute Gasteiger partial charge is 0.317 e. The number of carbonyl (C=O) groups excluding carboxylic acids is 1. The summed E-state index contributed by atoms with van der Waals surface area (Å²) in [6, 6.07) is 11.8. The predicted octanol–water partition coefficient (Wildman–Crippen LogP) is 3.84. The van der Waals surface area contributed by atoms with Gasteiger partial charge in [0.05, 0.1) is 17.4 Å². The Hall–Kier alpha value is -3.06. The second-order valence-electron chi connectivity index (χ2n) is 7.10. The molecule has 0 aliphatic carbocycles. The molecule has 3 N–H and O–H groups in total. The highest BCUT2D eigenvalue weighted by Crippen LogP contribution is 2.15. The normalized spacial score (nSPS) is 10.9. The maximum atomic E-state index is 12.6. The fourth-order valence-corrected chi connectivity index (χ4v) is 3.37. The van der Waals surface area contributed by atoms with Gasteiger partial charge in [0.15, 0.2) is 0 Å². The Morgan fingerprint density at radius 3 is 2.73 bits per heavy atom. The van der Waals surface area contributed by atoms with Crippen LogP contribution >= 0.6 is 11.6 Å². The predicted molar refractivity (Wildman–Crippen MR) is 118 cm³/mol. The van der Waals surface area contributed by atoms with Crippen molar-refractivity contribution in [3.05, 3.63) is 69.2 Å². The van der Waals surface area contributed by atoms with Crippen molar-refractivity contribution in [2.75, 3.05) is 13.1 Å². The number of aromatic amines is 1. The Bertz CT molecular complexity index is 1070. The first-order valence-corrected chi connectivity index (χ1v) is 10.3. The Labute approximate surface area is 179 Å². The summed E-state index contributed by atoms with van der Waals surface area (Å²) >= 11 is 6.01. The number of fused-ring (bicyclic) bond motifs is 1. The minimum atomic E-state index is -0.252. The van der Waals surface area contributed by atoms with Gasteiger partial charge in [-0.15, -0.1) is 0 Å². The molecule has 3 rings (SSSR count). The number of nitrogens with zero attached hydrogens (tertiary/aromatic N) is 2. The van der Waals surface area contributed by atoms with Crippen LogP contribution in [0.4, 0.5) is 4.79 Å². The summed E-state index contributed by atoms with van der Waals surface area (Å²) in [5, 5.41) is 13.2. The second kappa shape index (κ2) is 10.1. The van der Waals surface area contributed by atoms with Crippen LogP contribution in [0.3, 0.4) is 0 Å². The molecule has 8 heteroatoms. The van der Waals surface area contributed by atoms with Gasteiger partial charge in [0.2, 0.25) is 0 Å². The van der Waals surface area contributed by atoms with Crippen LogP contribution in [0.2, 0.25) is 5.02 Å². The molecule has 0 saturated heterocycles. The largest absolute Gasteiger partial charge is 0.508 e. The van der Waals surface area contributed by atoms with E-state index in [1.54, 1.807) is 35.2 Å². The van der Waals surface area contributed by atoms with Gasteiger partial charge in [-0.25, -0.2) is 9.78 Å². The number of benzene rings is 2. The topological polar surface area (TPSA) is 98.3 Å². The van der Waals surface area contributed by atoms with Crippen LogP contribution in [-0.2, 0) is 13.0 Å². The molecule has 3 aromatic rings. The summed E-state index contributed by atoms with van der Waals surface area (Å²) in [5.41, 5.74) is 1.36. The third-order valence-corrected chi connectivity index (χ3v) is 4.93. The summed E-state index contributed by atoms with van der Waals surface area (Å²) in [7, 11) is 0. The third kappa shape index (κ3) is 5.73. The van der Waals surface area contributed by atoms with Crippen molar-refractivity contribution in [2.24, 2.45) is 0 Å². The molecule has 1 heterocycles. The van der Waals surface area contributed by atoms with Crippen molar-refractivity contribution in [1.29, 1.82) is 0 Å². The third-order valence-electron chi connectivity index (χ3n) is 4.69. The number of H-pyrrole nitrogens is 1. The maximum Gasteiger partial charge on any atom is 0.317 e. The first-order valence-electron chi connectivity index (χ1n) is 9.95. The van der Waals surface area contributed by atoms with E-state index < -0.39 is 0 Å². The number of phenols is 1. The number of aromatic nitrogens is 2. The number of halogens is 1. The van der Waals surface area contributed by atoms with Crippen LogP contribution in [0.15, 0.2) is 47.3 Å². The van der Waals surface area contributed by atoms with E-state index in [2.05, 4.69) is 15.3 Å². The molecule has 158 valence electrons. The Morgan fingerprint density at radius 1 is 1.23 bits per heavy atom. The van der Waals surface area contributed by atoms with E-state index in [4.69, 9.17) is 11.6 Å². The highest BCUT2D eigenvalue weighted by Gasteiger charge is 2.15. The van der Waals surface area contributed by atoms with E-state index in [1.165, 1.54) is 0 Å². The number of amides is 2. The number of aromatic hydroxyl groups is 1. The minimum absolute atomic E-state index is 0.198. The molecule has 0 unspecified atom stereocenters. The van der Waals surface area contributed by atoms with E-state index in [0.29, 0.717) is 34.8 Å². The average molecular weight is 429 g/mol. The molecule has 0 radical (unpaired) electrons. The maximum absolute atomic E-state index is 12.6. The van der Waals surface area contributed by atoms with Crippen LogP contribution in [0.25, 0.3) is 10.9 Å². The van der Waals surface area contributed by atoms with Crippen LogP contribution < -0.4 is 10.9 Å². The quantitative estimate of drug-likeness (QED) is 0.475. The van der Waals surface area contributed by atoms with Crippen molar-refractivity contribution in [1.82, 2.24) is 20.2 Å². The van der Waals surface area contributed by atoms with Crippen LogP contribution in [0.5, 0.6) is 5.75 Å². The van der Waals surface area contributed by atoms with Gasteiger partial charge in [0.25, 0.3) is 5.56 Å². The van der Waals surface area contributed by atoms with E-state index in [0.717, 1.165) is 24.8 Å². The summed E-state index contributed by atoms with van der Waals surface area (Å²) in [6.07, 6.45) is 2.36. The van der Waals surface area contributed by atoms with Crippen molar-refractivity contribution >= 4 is 28.5 Å². The van der Waals surface area contributed by atoms with Gasteiger partial charge in [0.1, 0.15) is 11.6 Å². The molecule has 30 heavy (non-hydrogen) atoms. The van der Waals surface area contributed by atoms with Gasteiger partial charge in [-0.05, 0) is 55.2 Å². The highest BCUT2D eigenvalue weighted by molar-refractivity contribution is 6.31. The Kier molecular flexibility index (Phi) is 7.30. The zero-order valence-electron chi connectivity index (χ0n) is 16.8. The number of hydrogen-bond donors (Lipinski definition) is 3. The Balaban J connectivity index is 1.60. The van der Waals surface area contributed by atoms with Crippen LogP contribution in [-0.4, -0.2) is 39.1 Å². The Morgan fingerprint density at radius 2 is 2.00 bits per heavy atom. The van der Waals surface area contributed by atoms with Gasteiger partial charge in [-0.3, -0.25) is 4.79 Å². The molecule has 0 bridgehead atoms. The fraction of sp³-hybridized carbons (Fsp3) is 0.318. The number of urea groups is 1. The van der Waals surface area contributed by atoms with Crippen molar-refractivity contribution in [2.45, 2.75) is 32.7 Å². The van der Waals surface area contributed by atoms with Crippen molar-refractivity contribution in [3.8, 4) is 5.75 Å². The van der Waals surface area contributed by atoms with Crippen molar-refractivity contribution < 1.29 is 9.90 Å². The number of phenolic OH excluding ortho intramolecular Hbond substituents is 1. The first-order chi connectivity index (χ1) is 14.5. The fourth-order valence-electron chi connectivity index (χ4n) is 3.20. The van der Waals surface area contributed by atoms with Crippen LogP contribution in [0.1, 0.15) is 31.2 Å².